The second-order valence-corrected chi connectivity index (χ2v) is 4.89. The first-order chi connectivity index (χ1) is 10.2. The molecule has 0 atom stereocenters. The predicted octanol–water partition coefficient (Wildman–Crippen LogP) is 4.58. The number of carbonyl (C=O) groups excluding carboxylic acids is 1. The maximum absolute atomic E-state index is 12.3. The molecule has 0 spiro atoms. The molecule has 0 bridgehead atoms. The lowest BCUT2D eigenvalue weighted by atomic mass is 10.0. The number of aryl methyl sites for hydroxylation is 1. The fraction of sp³-hybridized carbons (Fsp3) is 0.167. The minimum absolute atomic E-state index is 0.339. The van der Waals surface area contributed by atoms with Gasteiger partial charge in [0.15, 0.2) is 0 Å². The summed E-state index contributed by atoms with van der Waals surface area (Å²) in [5.41, 5.74) is 3.19. The van der Waals surface area contributed by atoms with Crippen molar-refractivity contribution in [2.75, 3.05) is 6.61 Å². The molecule has 0 unspecified atom stereocenters. The number of ether oxygens (including phenoxy) is 1. The van der Waals surface area contributed by atoms with E-state index in [1.54, 1.807) is 6.92 Å². The van der Waals surface area contributed by atoms with Crippen molar-refractivity contribution in [3.8, 4) is 11.3 Å². The van der Waals surface area contributed by atoms with E-state index in [2.05, 4.69) is 0 Å². The largest absolute Gasteiger partial charge is 0.462 e. The van der Waals surface area contributed by atoms with Crippen molar-refractivity contribution in [1.29, 1.82) is 0 Å². The van der Waals surface area contributed by atoms with Gasteiger partial charge in [0.25, 0.3) is 0 Å². The minimum Gasteiger partial charge on any atom is -0.462 e. The van der Waals surface area contributed by atoms with Crippen LogP contribution in [-0.4, -0.2) is 12.6 Å². The molecular formula is C18H16O3. The van der Waals surface area contributed by atoms with E-state index in [-0.39, 0.29) is 5.97 Å². The number of fused-ring (bicyclic) bond motifs is 1. The van der Waals surface area contributed by atoms with Crippen molar-refractivity contribution in [2.45, 2.75) is 13.8 Å². The highest BCUT2D eigenvalue weighted by atomic mass is 16.5. The topological polar surface area (TPSA) is 39.4 Å². The maximum atomic E-state index is 12.3. The summed E-state index contributed by atoms with van der Waals surface area (Å²) in [5.74, 6) is 0.220. The standard InChI is InChI=1S/C18H16O3/c1-3-20-18(19)16-14-9-4-5-10-15(14)21-17(16)13-8-6-7-12(2)11-13/h4-11H,3H2,1-2H3. The van der Waals surface area contributed by atoms with Gasteiger partial charge >= 0.3 is 5.97 Å². The van der Waals surface area contributed by atoms with Crippen LogP contribution in [0.15, 0.2) is 52.9 Å². The van der Waals surface area contributed by atoms with Crippen LogP contribution in [0, 0.1) is 6.92 Å². The first kappa shape index (κ1) is 13.4. The average molecular weight is 280 g/mol. The Balaban J connectivity index is 2.26. The number of hydrogen-bond acceptors (Lipinski definition) is 3. The molecule has 106 valence electrons. The molecule has 0 amide bonds. The molecule has 0 saturated heterocycles. The monoisotopic (exact) mass is 280 g/mol. The van der Waals surface area contributed by atoms with Crippen LogP contribution in [0.3, 0.4) is 0 Å². The minimum atomic E-state index is -0.348. The van der Waals surface area contributed by atoms with Gasteiger partial charge in [0.1, 0.15) is 16.9 Å². The van der Waals surface area contributed by atoms with E-state index < -0.39 is 0 Å². The van der Waals surface area contributed by atoms with Gasteiger partial charge in [-0.3, -0.25) is 0 Å². The average Bonchev–Trinajstić information content (AvgIpc) is 2.87. The van der Waals surface area contributed by atoms with Crippen molar-refractivity contribution in [3.05, 3.63) is 59.7 Å². The van der Waals surface area contributed by atoms with Crippen molar-refractivity contribution in [2.24, 2.45) is 0 Å². The van der Waals surface area contributed by atoms with E-state index in [9.17, 15) is 4.79 Å². The van der Waals surface area contributed by atoms with E-state index in [4.69, 9.17) is 9.15 Å². The number of para-hydroxylation sites is 1. The van der Waals surface area contributed by atoms with Crippen LogP contribution in [0.5, 0.6) is 0 Å². The summed E-state index contributed by atoms with van der Waals surface area (Å²) in [6, 6.07) is 15.4. The Hall–Kier alpha value is -2.55. The summed E-state index contributed by atoms with van der Waals surface area (Å²) in [6.45, 7) is 4.15. The summed E-state index contributed by atoms with van der Waals surface area (Å²) in [6.07, 6.45) is 0. The van der Waals surface area contributed by atoms with Crippen molar-refractivity contribution in [3.63, 3.8) is 0 Å². The van der Waals surface area contributed by atoms with Crippen LogP contribution >= 0.6 is 0 Å². The Morgan fingerprint density at radius 2 is 1.95 bits per heavy atom. The molecule has 3 aromatic rings. The molecule has 2 aromatic carbocycles. The SMILES string of the molecule is CCOC(=O)c1c(-c2cccc(C)c2)oc2ccccc12. The van der Waals surface area contributed by atoms with Gasteiger partial charge in [0.05, 0.1) is 6.61 Å². The number of benzene rings is 2. The highest BCUT2D eigenvalue weighted by molar-refractivity contribution is 6.08. The molecule has 3 heteroatoms. The number of esters is 1. The molecule has 0 aliphatic rings. The van der Waals surface area contributed by atoms with Gasteiger partial charge < -0.3 is 9.15 Å². The summed E-state index contributed by atoms with van der Waals surface area (Å²) in [7, 11) is 0. The van der Waals surface area contributed by atoms with Gasteiger partial charge in [-0.2, -0.15) is 0 Å². The van der Waals surface area contributed by atoms with Gasteiger partial charge in [0, 0.05) is 10.9 Å². The fourth-order valence-electron chi connectivity index (χ4n) is 2.44. The molecule has 0 radical (unpaired) electrons. The third kappa shape index (κ3) is 2.42. The summed E-state index contributed by atoms with van der Waals surface area (Å²) < 4.78 is 11.1. The molecule has 21 heavy (non-hydrogen) atoms. The Kier molecular flexibility index (Phi) is 3.48. The van der Waals surface area contributed by atoms with Crippen molar-refractivity contribution in [1.82, 2.24) is 0 Å². The molecule has 0 aliphatic carbocycles. The van der Waals surface area contributed by atoms with Gasteiger partial charge in [-0.25, -0.2) is 4.79 Å². The van der Waals surface area contributed by atoms with Crippen LogP contribution in [0.1, 0.15) is 22.8 Å². The van der Waals surface area contributed by atoms with Gasteiger partial charge in [-0.05, 0) is 26.0 Å². The van der Waals surface area contributed by atoms with Crippen molar-refractivity contribution < 1.29 is 13.9 Å². The first-order valence-corrected chi connectivity index (χ1v) is 6.96. The van der Waals surface area contributed by atoms with E-state index in [1.807, 2.05) is 55.5 Å². The molecular weight excluding hydrogens is 264 g/mol. The van der Waals surface area contributed by atoms with Gasteiger partial charge in [-0.1, -0.05) is 42.0 Å². The lowest BCUT2D eigenvalue weighted by molar-refractivity contribution is 0.0529. The number of furan rings is 1. The summed E-state index contributed by atoms with van der Waals surface area (Å²) in [5, 5.41) is 0.785. The predicted molar refractivity (Wildman–Crippen MR) is 82.3 cm³/mol. The number of hydrogen-bond donors (Lipinski definition) is 0. The first-order valence-electron chi connectivity index (χ1n) is 6.96. The van der Waals surface area contributed by atoms with Crippen LogP contribution in [0.2, 0.25) is 0 Å². The molecule has 1 heterocycles. The van der Waals surface area contributed by atoms with E-state index in [0.29, 0.717) is 23.5 Å². The van der Waals surface area contributed by atoms with Crippen LogP contribution in [-0.2, 0) is 4.74 Å². The van der Waals surface area contributed by atoms with E-state index in [0.717, 1.165) is 16.5 Å². The van der Waals surface area contributed by atoms with E-state index >= 15 is 0 Å². The van der Waals surface area contributed by atoms with E-state index in [1.165, 1.54) is 0 Å². The third-order valence-corrected chi connectivity index (χ3v) is 3.36. The maximum Gasteiger partial charge on any atom is 0.342 e. The zero-order valence-corrected chi connectivity index (χ0v) is 12.1. The Bertz CT molecular complexity index is 799. The fourth-order valence-corrected chi connectivity index (χ4v) is 2.44. The molecule has 1 aromatic heterocycles. The number of carbonyl (C=O) groups is 1. The zero-order chi connectivity index (χ0) is 14.8. The Morgan fingerprint density at radius 1 is 1.14 bits per heavy atom. The molecule has 3 rings (SSSR count). The van der Waals surface area contributed by atoms with Crippen molar-refractivity contribution >= 4 is 16.9 Å². The molecule has 0 saturated carbocycles. The molecule has 0 aliphatic heterocycles. The smallest absolute Gasteiger partial charge is 0.342 e. The second kappa shape index (κ2) is 5.44. The zero-order valence-electron chi connectivity index (χ0n) is 12.1. The highest BCUT2D eigenvalue weighted by Gasteiger charge is 2.22. The van der Waals surface area contributed by atoms with Crippen LogP contribution < -0.4 is 0 Å². The summed E-state index contributed by atoms with van der Waals surface area (Å²) >= 11 is 0. The lowest BCUT2D eigenvalue weighted by Crippen LogP contribution is -2.05. The van der Waals surface area contributed by atoms with Crippen LogP contribution in [0.25, 0.3) is 22.3 Å². The summed E-state index contributed by atoms with van der Waals surface area (Å²) in [4.78, 5) is 12.3. The third-order valence-electron chi connectivity index (χ3n) is 3.36. The Labute approximate surface area is 123 Å². The number of rotatable bonds is 3. The Morgan fingerprint density at radius 3 is 2.71 bits per heavy atom. The van der Waals surface area contributed by atoms with Crippen LogP contribution in [0.4, 0.5) is 0 Å². The highest BCUT2D eigenvalue weighted by Crippen LogP contribution is 2.34. The quantitative estimate of drug-likeness (QED) is 0.659. The van der Waals surface area contributed by atoms with Gasteiger partial charge in [0.2, 0.25) is 0 Å². The van der Waals surface area contributed by atoms with Gasteiger partial charge in [-0.15, -0.1) is 0 Å². The molecule has 0 fully saturated rings. The molecule has 0 N–H and O–H groups in total. The second-order valence-electron chi connectivity index (χ2n) is 4.89. The lowest BCUT2D eigenvalue weighted by Gasteiger charge is -2.04. The molecule has 3 nitrogen and oxygen atoms in total. The normalized spacial score (nSPS) is 10.8.